The molecule has 2 heterocycles. The predicted octanol–water partition coefficient (Wildman–Crippen LogP) is 2.99. The second-order valence-corrected chi connectivity index (χ2v) is 6.86. The lowest BCUT2D eigenvalue weighted by Crippen LogP contribution is -2.41. The topological polar surface area (TPSA) is 71.2 Å². The third-order valence-corrected chi connectivity index (χ3v) is 5.28. The van der Waals surface area contributed by atoms with Crippen molar-refractivity contribution in [2.75, 3.05) is 25.0 Å². The third kappa shape index (κ3) is 5.15. The zero-order valence-electron chi connectivity index (χ0n) is 14.0. The quantitative estimate of drug-likeness (QED) is 0.805. The molecule has 8 heteroatoms. The minimum absolute atomic E-state index is 0. The smallest absolute Gasteiger partial charge is 0.243 e. The molecule has 138 valence electrons. The molecule has 5 nitrogen and oxygen atoms in total. The number of carbonyl (C=O) groups excluding carboxylic acids is 1. The fraction of sp³-hybridized carbons (Fsp3) is 0.412. The van der Waals surface area contributed by atoms with Gasteiger partial charge in [0.1, 0.15) is 0 Å². The van der Waals surface area contributed by atoms with Crippen molar-refractivity contribution in [2.24, 2.45) is 11.7 Å². The van der Waals surface area contributed by atoms with Gasteiger partial charge in [-0.05, 0) is 24.9 Å². The summed E-state index contributed by atoms with van der Waals surface area (Å²) in [5.41, 5.74) is 7.28. The first-order chi connectivity index (χ1) is 11.2. The van der Waals surface area contributed by atoms with Crippen molar-refractivity contribution >= 4 is 47.2 Å². The highest BCUT2D eigenvalue weighted by Gasteiger charge is 2.36. The molecular weight excluding hydrogens is 379 g/mol. The Labute approximate surface area is 164 Å². The van der Waals surface area contributed by atoms with Crippen molar-refractivity contribution in [3.8, 4) is 0 Å². The number of amides is 1. The molecule has 1 aromatic carbocycles. The minimum Gasteiger partial charge on any atom is -0.330 e. The fourth-order valence-electron chi connectivity index (χ4n) is 3.20. The number of nitrogens with one attached hydrogen (secondary N) is 1. The Morgan fingerprint density at radius 2 is 2.08 bits per heavy atom. The van der Waals surface area contributed by atoms with Gasteiger partial charge in [-0.1, -0.05) is 30.3 Å². The van der Waals surface area contributed by atoms with Gasteiger partial charge in [0.15, 0.2) is 5.13 Å². The molecule has 1 unspecified atom stereocenters. The number of aromatic nitrogens is 1. The highest BCUT2D eigenvalue weighted by molar-refractivity contribution is 7.13. The van der Waals surface area contributed by atoms with E-state index in [1.807, 2.05) is 18.4 Å². The van der Waals surface area contributed by atoms with Gasteiger partial charge in [0.05, 0.1) is 6.04 Å². The van der Waals surface area contributed by atoms with Crippen molar-refractivity contribution in [1.82, 2.24) is 9.88 Å². The highest BCUT2D eigenvalue weighted by atomic mass is 35.5. The number of anilines is 1. The van der Waals surface area contributed by atoms with Gasteiger partial charge in [0, 0.05) is 30.6 Å². The van der Waals surface area contributed by atoms with Crippen LogP contribution < -0.4 is 11.1 Å². The SMILES string of the molecule is CC(C(=O)Nc1nccs1)N1C[C@@H](CN)[C@H](c2ccccc2)C1.Cl.Cl. The summed E-state index contributed by atoms with van der Waals surface area (Å²) in [5, 5.41) is 5.38. The van der Waals surface area contributed by atoms with Crippen LogP contribution in [0.1, 0.15) is 18.4 Å². The van der Waals surface area contributed by atoms with E-state index in [-0.39, 0.29) is 36.8 Å². The van der Waals surface area contributed by atoms with Crippen LogP contribution in [0.3, 0.4) is 0 Å². The fourth-order valence-corrected chi connectivity index (χ4v) is 3.73. The molecule has 25 heavy (non-hydrogen) atoms. The van der Waals surface area contributed by atoms with Gasteiger partial charge in [-0.3, -0.25) is 9.69 Å². The second kappa shape index (κ2) is 10.1. The van der Waals surface area contributed by atoms with Gasteiger partial charge in [-0.15, -0.1) is 36.2 Å². The van der Waals surface area contributed by atoms with E-state index < -0.39 is 0 Å². The molecule has 0 saturated carbocycles. The Kier molecular flexibility index (Phi) is 8.82. The maximum Gasteiger partial charge on any atom is 0.243 e. The molecule has 0 radical (unpaired) electrons. The summed E-state index contributed by atoms with van der Waals surface area (Å²) in [6.45, 7) is 4.29. The lowest BCUT2D eigenvalue weighted by atomic mass is 9.89. The normalized spacial score (nSPS) is 21.0. The van der Waals surface area contributed by atoms with Crippen LogP contribution in [0, 0.1) is 5.92 Å². The van der Waals surface area contributed by atoms with E-state index in [0.29, 0.717) is 23.5 Å². The molecule has 1 aromatic heterocycles. The van der Waals surface area contributed by atoms with E-state index in [0.717, 1.165) is 13.1 Å². The minimum atomic E-state index is -0.193. The van der Waals surface area contributed by atoms with Gasteiger partial charge in [0.25, 0.3) is 0 Å². The van der Waals surface area contributed by atoms with Crippen molar-refractivity contribution in [3.05, 3.63) is 47.5 Å². The van der Waals surface area contributed by atoms with Crippen LogP contribution in [0.4, 0.5) is 5.13 Å². The average molecular weight is 403 g/mol. The maximum atomic E-state index is 12.4. The van der Waals surface area contributed by atoms with Gasteiger partial charge in [0.2, 0.25) is 5.91 Å². The number of rotatable bonds is 5. The highest BCUT2D eigenvalue weighted by Crippen LogP contribution is 2.33. The predicted molar refractivity (Wildman–Crippen MR) is 108 cm³/mol. The first-order valence-electron chi connectivity index (χ1n) is 7.88. The van der Waals surface area contributed by atoms with Crippen molar-refractivity contribution in [2.45, 2.75) is 18.9 Å². The van der Waals surface area contributed by atoms with E-state index >= 15 is 0 Å². The number of hydrogen-bond donors (Lipinski definition) is 2. The van der Waals surface area contributed by atoms with Crippen LogP contribution in [0.2, 0.25) is 0 Å². The van der Waals surface area contributed by atoms with E-state index in [4.69, 9.17) is 5.73 Å². The number of carbonyl (C=O) groups is 1. The van der Waals surface area contributed by atoms with E-state index in [1.165, 1.54) is 16.9 Å². The van der Waals surface area contributed by atoms with E-state index in [2.05, 4.69) is 39.5 Å². The van der Waals surface area contributed by atoms with Crippen LogP contribution in [-0.4, -0.2) is 41.5 Å². The first kappa shape index (κ1) is 21.9. The van der Waals surface area contributed by atoms with Crippen LogP contribution in [0.15, 0.2) is 41.9 Å². The summed E-state index contributed by atoms with van der Waals surface area (Å²) in [5.74, 6) is 0.758. The Bertz CT molecular complexity index is 641. The molecular formula is C17H24Cl2N4OS. The number of thiazole rings is 1. The largest absolute Gasteiger partial charge is 0.330 e. The van der Waals surface area contributed by atoms with E-state index in [9.17, 15) is 4.79 Å². The Morgan fingerprint density at radius 1 is 1.36 bits per heavy atom. The number of likely N-dealkylation sites (tertiary alicyclic amines) is 1. The molecule has 0 spiro atoms. The molecule has 3 atom stereocenters. The number of hydrogen-bond acceptors (Lipinski definition) is 5. The van der Waals surface area contributed by atoms with Gasteiger partial charge in [-0.25, -0.2) is 4.98 Å². The molecule has 2 aromatic rings. The summed E-state index contributed by atoms with van der Waals surface area (Å²) < 4.78 is 0. The zero-order valence-corrected chi connectivity index (χ0v) is 16.4. The lowest BCUT2D eigenvalue weighted by Gasteiger charge is -2.23. The standard InChI is InChI=1S/C17H22N4OS.2ClH/c1-12(16(22)20-17-19-7-8-23-17)21-10-14(9-18)15(11-21)13-5-3-2-4-6-13;;/h2-8,12,14-15H,9-11,18H2,1H3,(H,19,20,22);2*1H/t12?,14-,15+;;/m1../s1. The van der Waals surface area contributed by atoms with Gasteiger partial charge < -0.3 is 11.1 Å². The van der Waals surface area contributed by atoms with E-state index in [1.54, 1.807) is 6.20 Å². The summed E-state index contributed by atoms with van der Waals surface area (Å²) in [6, 6.07) is 10.3. The average Bonchev–Trinajstić information content (AvgIpc) is 3.24. The summed E-state index contributed by atoms with van der Waals surface area (Å²) in [7, 11) is 0. The van der Waals surface area contributed by atoms with Crippen LogP contribution in [0.5, 0.6) is 0 Å². The Morgan fingerprint density at radius 3 is 2.68 bits per heavy atom. The number of nitrogens with zero attached hydrogens (tertiary/aromatic N) is 2. The zero-order chi connectivity index (χ0) is 16.2. The van der Waals surface area contributed by atoms with Crippen molar-refractivity contribution in [3.63, 3.8) is 0 Å². The summed E-state index contributed by atoms with van der Waals surface area (Å²) in [4.78, 5) is 18.7. The summed E-state index contributed by atoms with van der Waals surface area (Å²) >= 11 is 1.43. The number of nitrogens with two attached hydrogens (primary N) is 1. The van der Waals surface area contributed by atoms with Gasteiger partial charge >= 0.3 is 0 Å². The van der Waals surface area contributed by atoms with Crippen molar-refractivity contribution in [1.29, 1.82) is 0 Å². The Balaban J connectivity index is 0.00000156. The second-order valence-electron chi connectivity index (χ2n) is 5.97. The van der Waals surface area contributed by atoms with Crippen LogP contribution in [-0.2, 0) is 4.79 Å². The first-order valence-corrected chi connectivity index (χ1v) is 8.76. The maximum absolute atomic E-state index is 12.4. The van der Waals surface area contributed by atoms with Crippen molar-refractivity contribution < 1.29 is 4.79 Å². The molecule has 1 aliphatic heterocycles. The number of halogens is 2. The molecule has 0 aliphatic carbocycles. The Hall–Kier alpha value is -1.18. The molecule has 1 aliphatic rings. The molecule has 1 fully saturated rings. The number of benzene rings is 1. The third-order valence-electron chi connectivity index (χ3n) is 4.59. The molecule has 3 rings (SSSR count). The van der Waals surface area contributed by atoms with Crippen LogP contribution >= 0.6 is 36.2 Å². The molecule has 0 bridgehead atoms. The molecule has 1 saturated heterocycles. The summed E-state index contributed by atoms with van der Waals surface area (Å²) in [6.07, 6.45) is 1.69. The lowest BCUT2D eigenvalue weighted by molar-refractivity contribution is -0.120. The van der Waals surface area contributed by atoms with Crippen LogP contribution in [0.25, 0.3) is 0 Å². The molecule has 1 amide bonds. The molecule has 3 N–H and O–H groups in total. The van der Waals surface area contributed by atoms with Gasteiger partial charge in [-0.2, -0.15) is 0 Å². The monoisotopic (exact) mass is 402 g/mol.